The van der Waals surface area contributed by atoms with E-state index in [1.165, 1.54) is 24.2 Å². The topological polar surface area (TPSA) is 89.0 Å². The van der Waals surface area contributed by atoms with Crippen LogP contribution in [0.4, 0.5) is 10.9 Å². The molecule has 1 amide bonds. The van der Waals surface area contributed by atoms with E-state index in [4.69, 9.17) is 4.74 Å². The van der Waals surface area contributed by atoms with E-state index in [-0.39, 0.29) is 5.91 Å². The second-order valence-corrected chi connectivity index (χ2v) is 7.01. The van der Waals surface area contributed by atoms with Gasteiger partial charge in [0, 0.05) is 24.8 Å². The number of nitrogens with one attached hydrogen (secondary N) is 2. The number of anilines is 2. The van der Waals surface area contributed by atoms with Crippen LogP contribution in [0, 0.1) is 5.92 Å². The number of aromatic nitrogens is 3. The molecular formula is C16H19N5O2S. The van der Waals surface area contributed by atoms with Gasteiger partial charge in [0.05, 0.1) is 11.7 Å². The van der Waals surface area contributed by atoms with Gasteiger partial charge in [-0.3, -0.25) is 10.1 Å². The van der Waals surface area contributed by atoms with Crippen molar-refractivity contribution in [1.82, 2.24) is 15.2 Å². The van der Waals surface area contributed by atoms with Gasteiger partial charge in [-0.1, -0.05) is 11.3 Å². The number of hydrogen-bond donors (Lipinski definition) is 2. The van der Waals surface area contributed by atoms with E-state index in [2.05, 4.69) is 25.8 Å². The molecule has 4 rings (SSSR count). The molecule has 2 aromatic heterocycles. The van der Waals surface area contributed by atoms with E-state index >= 15 is 0 Å². The average Bonchev–Trinajstić information content (AvgIpc) is 3.27. The molecule has 0 spiro atoms. The third kappa shape index (κ3) is 3.25. The van der Waals surface area contributed by atoms with Crippen molar-refractivity contribution in [3.8, 4) is 0 Å². The van der Waals surface area contributed by atoms with Gasteiger partial charge in [-0.15, -0.1) is 10.2 Å². The van der Waals surface area contributed by atoms with Crippen LogP contribution in [0.5, 0.6) is 0 Å². The fourth-order valence-electron chi connectivity index (χ4n) is 3.56. The summed E-state index contributed by atoms with van der Waals surface area (Å²) in [7, 11) is 0. The van der Waals surface area contributed by atoms with Gasteiger partial charge in [0.1, 0.15) is 11.3 Å². The van der Waals surface area contributed by atoms with Crippen LogP contribution in [0.2, 0.25) is 0 Å². The molecule has 8 heteroatoms. The van der Waals surface area contributed by atoms with Gasteiger partial charge in [0.15, 0.2) is 0 Å². The first-order chi connectivity index (χ1) is 11.8. The van der Waals surface area contributed by atoms with Crippen LogP contribution in [0.1, 0.15) is 36.0 Å². The van der Waals surface area contributed by atoms with Crippen LogP contribution < -0.4 is 10.6 Å². The number of fused-ring (bicyclic) bond motifs is 1. The molecule has 0 radical (unpaired) electrons. The van der Waals surface area contributed by atoms with Crippen molar-refractivity contribution in [3.05, 3.63) is 29.4 Å². The number of rotatable bonds is 4. The van der Waals surface area contributed by atoms with Gasteiger partial charge in [-0.2, -0.15) is 0 Å². The van der Waals surface area contributed by atoms with Crippen molar-refractivity contribution in [2.45, 2.75) is 37.8 Å². The summed E-state index contributed by atoms with van der Waals surface area (Å²) in [4.78, 5) is 16.5. The highest BCUT2D eigenvalue weighted by Crippen LogP contribution is 2.35. The number of carbonyl (C=O) groups excluding carboxylic acids is 1. The lowest BCUT2D eigenvalue weighted by atomic mass is 9.82. The van der Waals surface area contributed by atoms with Crippen molar-refractivity contribution in [2.24, 2.45) is 5.92 Å². The van der Waals surface area contributed by atoms with Crippen LogP contribution >= 0.6 is 11.3 Å². The monoisotopic (exact) mass is 345 g/mol. The molecule has 1 saturated carbocycles. The predicted octanol–water partition coefficient (Wildman–Crippen LogP) is 2.55. The van der Waals surface area contributed by atoms with Gasteiger partial charge in [0.25, 0.3) is 5.91 Å². The van der Waals surface area contributed by atoms with E-state index in [1.54, 1.807) is 17.8 Å². The highest BCUT2D eigenvalue weighted by Gasteiger charge is 2.37. The Kier molecular flexibility index (Phi) is 4.40. The minimum atomic E-state index is -0.229. The maximum absolute atomic E-state index is 12.1. The standard InChI is InChI=1S/C16H19N5O2S/c22-15(20-16-21-18-9-24-16)10-4-5-14(17-8-10)19-12-2-1-3-13-11(12)6-7-23-13/h4-5,8-9,11-13H,1-3,6-7H2,(H,17,19)(H,20,21,22). The van der Waals surface area contributed by atoms with E-state index < -0.39 is 0 Å². The molecular weight excluding hydrogens is 326 g/mol. The van der Waals surface area contributed by atoms with Gasteiger partial charge in [-0.25, -0.2) is 4.98 Å². The lowest BCUT2D eigenvalue weighted by Crippen LogP contribution is -2.38. The average molecular weight is 345 g/mol. The molecule has 2 aliphatic rings. The molecule has 24 heavy (non-hydrogen) atoms. The number of hydrogen-bond acceptors (Lipinski definition) is 7. The Balaban J connectivity index is 1.39. The van der Waals surface area contributed by atoms with E-state index in [9.17, 15) is 4.79 Å². The highest BCUT2D eigenvalue weighted by molar-refractivity contribution is 7.13. The normalized spacial score (nSPS) is 25.9. The van der Waals surface area contributed by atoms with Crippen molar-refractivity contribution in [3.63, 3.8) is 0 Å². The van der Waals surface area contributed by atoms with Crippen molar-refractivity contribution < 1.29 is 9.53 Å². The van der Waals surface area contributed by atoms with Gasteiger partial charge in [-0.05, 0) is 37.8 Å². The Hall–Kier alpha value is -2.06. The first-order valence-electron chi connectivity index (χ1n) is 8.21. The molecule has 2 aromatic rings. The van der Waals surface area contributed by atoms with E-state index in [0.29, 0.717) is 28.8 Å². The van der Waals surface area contributed by atoms with Crippen molar-refractivity contribution in [1.29, 1.82) is 0 Å². The molecule has 2 fully saturated rings. The minimum absolute atomic E-state index is 0.229. The number of ether oxygens (including phenoxy) is 1. The zero-order valence-electron chi connectivity index (χ0n) is 13.1. The Labute approximate surface area is 143 Å². The molecule has 3 heterocycles. The maximum atomic E-state index is 12.1. The highest BCUT2D eigenvalue weighted by atomic mass is 32.1. The summed E-state index contributed by atoms with van der Waals surface area (Å²) >= 11 is 1.28. The zero-order chi connectivity index (χ0) is 16.4. The molecule has 1 saturated heterocycles. The van der Waals surface area contributed by atoms with Crippen molar-refractivity contribution >= 4 is 28.2 Å². The number of pyridine rings is 1. The van der Waals surface area contributed by atoms with Crippen LogP contribution in [-0.2, 0) is 4.74 Å². The lowest BCUT2D eigenvalue weighted by molar-refractivity contribution is 0.0619. The molecule has 0 bridgehead atoms. The summed E-state index contributed by atoms with van der Waals surface area (Å²) in [6.45, 7) is 0.867. The predicted molar refractivity (Wildman–Crippen MR) is 91.2 cm³/mol. The summed E-state index contributed by atoms with van der Waals surface area (Å²) in [6, 6.07) is 4.03. The number of amides is 1. The van der Waals surface area contributed by atoms with Crippen LogP contribution in [-0.4, -0.2) is 39.8 Å². The summed E-state index contributed by atoms with van der Waals surface area (Å²) < 4.78 is 5.80. The second-order valence-electron chi connectivity index (χ2n) is 6.17. The Morgan fingerprint density at radius 2 is 2.25 bits per heavy atom. The molecule has 1 aliphatic carbocycles. The summed E-state index contributed by atoms with van der Waals surface area (Å²) in [5.74, 6) is 1.15. The molecule has 3 unspecified atom stereocenters. The number of carbonyl (C=O) groups is 1. The lowest BCUT2D eigenvalue weighted by Gasteiger charge is -2.33. The smallest absolute Gasteiger partial charge is 0.259 e. The molecule has 7 nitrogen and oxygen atoms in total. The first-order valence-corrected chi connectivity index (χ1v) is 9.09. The van der Waals surface area contributed by atoms with E-state index in [0.717, 1.165) is 25.3 Å². The summed E-state index contributed by atoms with van der Waals surface area (Å²) in [5.41, 5.74) is 2.08. The third-order valence-corrected chi connectivity index (χ3v) is 5.33. The third-order valence-electron chi connectivity index (χ3n) is 4.72. The summed E-state index contributed by atoms with van der Waals surface area (Å²) in [6.07, 6.45) is 6.59. The van der Waals surface area contributed by atoms with Gasteiger partial charge >= 0.3 is 0 Å². The Morgan fingerprint density at radius 3 is 3.04 bits per heavy atom. The molecule has 2 N–H and O–H groups in total. The SMILES string of the molecule is O=C(Nc1nncs1)c1ccc(NC2CCCC3OCCC23)nc1. The van der Waals surface area contributed by atoms with Gasteiger partial charge in [0.2, 0.25) is 5.13 Å². The quantitative estimate of drug-likeness (QED) is 0.885. The van der Waals surface area contributed by atoms with Crippen LogP contribution in [0.3, 0.4) is 0 Å². The van der Waals surface area contributed by atoms with Crippen LogP contribution in [0.25, 0.3) is 0 Å². The largest absolute Gasteiger partial charge is 0.378 e. The first kappa shape index (κ1) is 15.5. The second kappa shape index (κ2) is 6.82. The molecule has 0 aromatic carbocycles. The van der Waals surface area contributed by atoms with Crippen molar-refractivity contribution in [2.75, 3.05) is 17.2 Å². The Morgan fingerprint density at radius 1 is 1.29 bits per heavy atom. The van der Waals surface area contributed by atoms with Gasteiger partial charge < -0.3 is 10.1 Å². The summed E-state index contributed by atoms with van der Waals surface area (Å²) in [5, 5.41) is 14.2. The van der Waals surface area contributed by atoms with E-state index in [1.807, 2.05) is 6.07 Å². The molecule has 3 atom stereocenters. The fraction of sp³-hybridized carbons (Fsp3) is 0.500. The van der Waals surface area contributed by atoms with Crippen LogP contribution in [0.15, 0.2) is 23.8 Å². The molecule has 126 valence electrons. The fourth-order valence-corrected chi connectivity index (χ4v) is 4.00. The number of nitrogens with zero attached hydrogens (tertiary/aromatic N) is 3. The molecule has 1 aliphatic heterocycles. The minimum Gasteiger partial charge on any atom is -0.378 e. The maximum Gasteiger partial charge on any atom is 0.259 e. The Bertz CT molecular complexity index is 691. The zero-order valence-corrected chi connectivity index (χ0v) is 14.0.